The monoisotopic (exact) mass is 266 g/mol. The maximum Gasteiger partial charge on any atom is 0.246 e. The van der Waals surface area contributed by atoms with Crippen LogP contribution in [0.2, 0.25) is 0 Å². The van der Waals surface area contributed by atoms with E-state index in [1.807, 2.05) is 0 Å². The van der Waals surface area contributed by atoms with Crippen LogP contribution in [0.5, 0.6) is 0 Å². The third kappa shape index (κ3) is 3.06. The predicted octanol–water partition coefficient (Wildman–Crippen LogP) is 1.69. The molecule has 0 bridgehead atoms. The van der Waals surface area contributed by atoms with Gasteiger partial charge < -0.3 is 11.1 Å². The summed E-state index contributed by atoms with van der Waals surface area (Å²) in [6.45, 7) is 1.62. The van der Waals surface area contributed by atoms with Gasteiger partial charge in [-0.2, -0.15) is 5.10 Å². The van der Waals surface area contributed by atoms with Gasteiger partial charge in [-0.3, -0.25) is 9.48 Å². The second kappa shape index (κ2) is 5.05. The average molecular weight is 266 g/mol. The van der Waals surface area contributed by atoms with Crippen molar-refractivity contribution in [3.63, 3.8) is 0 Å². The number of anilines is 2. The fraction of sp³-hybridized carbons (Fsp3) is 0.167. The van der Waals surface area contributed by atoms with Gasteiger partial charge in [-0.1, -0.05) is 0 Å². The second-order valence-corrected chi connectivity index (χ2v) is 4.07. The van der Waals surface area contributed by atoms with Crippen molar-refractivity contribution in [3.8, 4) is 0 Å². The zero-order chi connectivity index (χ0) is 14.0. The van der Waals surface area contributed by atoms with Gasteiger partial charge in [0.15, 0.2) is 0 Å². The molecule has 1 aromatic carbocycles. The number of carbonyl (C=O) groups excluding carboxylic acids is 1. The fourth-order valence-electron chi connectivity index (χ4n) is 1.55. The molecular formula is C12H12F2N4O. The predicted molar refractivity (Wildman–Crippen MR) is 66.4 cm³/mol. The van der Waals surface area contributed by atoms with Crippen molar-refractivity contribution in [3.05, 3.63) is 41.6 Å². The van der Waals surface area contributed by atoms with Crippen molar-refractivity contribution in [1.29, 1.82) is 0 Å². The van der Waals surface area contributed by atoms with Crippen molar-refractivity contribution in [2.75, 3.05) is 11.1 Å². The molecule has 19 heavy (non-hydrogen) atoms. The Morgan fingerprint density at radius 1 is 1.47 bits per heavy atom. The second-order valence-electron chi connectivity index (χ2n) is 4.07. The summed E-state index contributed by atoms with van der Waals surface area (Å²) in [5.41, 5.74) is 6.07. The van der Waals surface area contributed by atoms with Gasteiger partial charge in [0.2, 0.25) is 5.91 Å². The first-order valence-corrected chi connectivity index (χ1v) is 5.50. The van der Waals surface area contributed by atoms with Crippen molar-refractivity contribution in [2.24, 2.45) is 0 Å². The lowest BCUT2D eigenvalue weighted by Crippen LogP contribution is -2.20. The highest BCUT2D eigenvalue weighted by molar-refractivity contribution is 5.90. The Kier molecular flexibility index (Phi) is 3.46. The molecule has 5 nitrogen and oxygen atoms in total. The number of benzene rings is 1. The Labute approximate surface area is 108 Å². The summed E-state index contributed by atoms with van der Waals surface area (Å²) >= 11 is 0. The standard InChI is InChI=1S/C12H12F2N4O/c1-7-5-18(17-12(7)15)6-11(19)16-10-4-8(13)2-3-9(10)14/h2-5H,6H2,1H3,(H2,15,17)(H,16,19). The number of aryl methyl sites for hydroxylation is 1. The third-order valence-corrected chi connectivity index (χ3v) is 2.49. The van der Waals surface area contributed by atoms with Gasteiger partial charge in [0.05, 0.1) is 5.69 Å². The van der Waals surface area contributed by atoms with E-state index in [-0.39, 0.29) is 12.2 Å². The number of halogens is 2. The first kappa shape index (κ1) is 13.0. The zero-order valence-corrected chi connectivity index (χ0v) is 10.2. The number of hydrogen-bond donors (Lipinski definition) is 2. The van der Waals surface area contributed by atoms with Crippen LogP contribution in [-0.2, 0) is 11.3 Å². The minimum atomic E-state index is -0.703. The normalized spacial score (nSPS) is 10.5. The Hall–Kier alpha value is -2.44. The molecule has 0 aliphatic rings. The van der Waals surface area contributed by atoms with E-state index in [1.54, 1.807) is 13.1 Å². The molecular weight excluding hydrogens is 254 g/mol. The van der Waals surface area contributed by atoms with Crippen LogP contribution in [0.3, 0.4) is 0 Å². The lowest BCUT2D eigenvalue weighted by molar-refractivity contribution is -0.116. The topological polar surface area (TPSA) is 72.9 Å². The average Bonchev–Trinajstić information content (AvgIpc) is 2.63. The Morgan fingerprint density at radius 2 is 2.21 bits per heavy atom. The van der Waals surface area contributed by atoms with Crippen molar-refractivity contribution in [2.45, 2.75) is 13.5 Å². The minimum absolute atomic E-state index is 0.131. The van der Waals surface area contributed by atoms with Gasteiger partial charge in [-0.15, -0.1) is 0 Å². The van der Waals surface area contributed by atoms with Crippen molar-refractivity contribution in [1.82, 2.24) is 9.78 Å². The molecule has 3 N–H and O–H groups in total. The van der Waals surface area contributed by atoms with Crippen LogP contribution < -0.4 is 11.1 Å². The van der Waals surface area contributed by atoms with E-state index >= 15 is 0 Å². The number of rotatable bonds is 3. The van der Waals surface area contributed by atoms with Gasteiger partial charge >= 0.3 is 0 Å². The third-order valence-electron chi connectivity index (χ3n) is 2.49. The zero-order valence-electron chi connectivity index (χ0n) is 10.2. The molecule has 0 aliphatic carbocycles. The lowest BCUT2D eigenvalue weighted by atomic mass is 10.3. The number of nitrogen functional groups attached to an aromatic ring is 1. The van der Waals surface area contributed by atoms with Gasteiger partial charge in [0, 0.05) is 17.8 Å². The SMILES string of the molecule is Cc1cn(CC(=O)Nc2cc(F)ccc2F)nc1N. The maximum absolute atomic E-state index is 13.3. The van der Waals surface area contributed by atoms with Crippen molar-refractivity contribution >= 4 is 17.4 Å². The molecule has 7 heteroatoms. The van der Waals surface area contributed by atoms with Crippen LogP contribution >= 0.6 is 0 Å². The Balaban J connectivity index is 2.07. The summed E-state index contributed by atoms with van der Waals surface area (Å²) in [5, 5.41) is 6.17. The Bertz CT molecular complexity index is 605. The van der Waals surface area contributed by atoms with Gasteiger partial charge in [-0.25, -0.2) is 8.78 Å². The van der Waals surface area contributed by atoms with Crippen LogP contribution in [0.25, 0.3) is 0 Å². The van der Waals surface area contributed by atoms with Crippen LogP contribution in [-0.4, -0.2) is 15.7 Å². The van der Waals surface area contributed by atoms with E-state index in [0.717, 1.165) is 23.8 Å². The fourth-order valence-corrected chi connectivity index (χ4v) is 1.55. The number of nitrogens with zero attached hydrogens (tertiary/aromatic N) is 2. The lowest BCUT2D eigenvalue weighted by Gasteiger charge is -2.06. The molecule has 1 amide bonds. The van der Waals surface area contributed by atoms with Crippen LogP contribution in [0.15, 0.2) is 24.4 Å². The van der Waals surface area contributed by atoms with Gasteiger partial charge in [0.1, 0.15) is 24.0 Å². The summed E-state index contributed by atoms with van der Waals surface area (Å²) in [6, 6.07) is 2.83. The summed E-state index contributed by atoms with van der Waals surface area (Å²) in [7, 11) is 0. The molecule has 0 spiro atoms. The minimum Gasteiger partial charge on any atom is -0.382 e. The number of aromatic nitrogens is 2. The number of carbonyl (C=O) groups is 1. The summed E-state index contributed by atoms with van der Waals surface area (Å²) in [4.78, 5) is 11.7. The molecule has 2 aromatic rings. The van der Waals surface area contributed by atoms with Crippen LogP contribution in [0.4, 0.5) is 20.3 Å². The molecule has 1 aromatic heterocycles. The summed E-state index contributed by atoms with van der Waals surface area (Å²) in [5.74, 6) is -1.53. The van der Waals surface area contributed by atoms with E-state index in [9.17, 15) is 13.6 Å². The molecule has 0 aliphatic heterocycles. The number of nitrogens with one attached hydrogen (secondary N) is 1. The van der Waals surface area contributed by atoms with Gasteiger partial charge in [0.25, 0.3) is 0 Å². The molecule has 0 atom stereocenters. The molecule has 0 fully saturated rings. The molecule has 0 radical (unpaired) electrons. The van der Waals surface area contributed by atoms with E-state index in [0.29, 0.717) is 5.82 Å². The number of hydrogen-bond acceptors (Lipinski definition) is 3. The quantitative estimate of drug-likeness (QED) is 0.887. The number of nitrogens with two attached hydrogens (primary N) is 1. The molecule has 100 valence electrons. The highest BCUT2D eigenvalue weighted by atomic mass is 19.1. The molecule has 0 saturated heterocycles. The highest BCUT2D eigenvalue weighted by Gasteiger charge is 2.10. The number of amides is 1. The smallest absolute Gasteiger partial charge is 0.246 e. The maximum atomic E-state index is 13.3. The van der Waals surface area contributed by atoms with E-state index < -0.39 is 17.5 Å². The molecule has 0 unspecified atom stereocenters. The summed E-state index contributed by atoms with van der Waals surface area (Å²) < 4.78 is 27.6. The first-order valence-electron chi connectivity index (χ1n) is 5.50. The van der Waals surface area contributed by atoms with Gasteiger partial charge in [-0.05, 0) is 19.1 Å². The van der Waals surface area contributed by atoms with E-state index in [4.69, 9.17) is 5.73 Å². The van der Waals surface area contributed by atoms with Crippen LogP contribution in [0.1, 0.15) is 5.56 Å². The largest absolute Gasteiger partial charge is 0.382 e. The molecule has 1 heterocycles. The van der Waals surface area contributed by atoms with E-state index in [2.05, 4.69) is 10.4 Å². The molecule has 0 saturated carbocycles. The first-order chi connectivity index (χ1) is 8.95. The Morgan fingerprint density at radius 3 is 2.84 bits per heavy atom. The molecule has 2 rings (SSSR count). The summed E-state index contributed by atoms with van der Waals surface area (Å²) in [6.07, 6.45) is 1.59. The van der Waals surface area contributed by atoms with Crippen LogP contribution in [0, 0.1) is 18.6 Å². The van der Waals surface area contributed by atoms with E-state index in [1.165, 1.54) is 4.68 Å². The van der Waals surface area contributed by atoms with Crippen molar-refractivity contribution < 1.29 is 13.6 Å². The highest BCUT2D eigenvalue weighted by Crippen LogP contribution is 2.15.